The summed E-state index contributed by atoms with van der Waals surface area (Å²) in [6.45, 7) is 7.78. The Morgan fingerprint density at radius 1 is 0.955 bits per heavy atom. The van der Waals surface area contributed by atoms with Gasteiger partial charge < -0.3 is 0 Å². The Bertz CT molecular complexity index is 757. The van der Waals surface area contributed by atoms with E-state index < -0.39 is 10.0 Å². The summed E-state index contributed by atoms with van der Waals surface area (Å²) in [6.07, 6.45) is 1.58. The van der Waals surface area contributed by atoms with E-state index in [1.54, 1.807) is 6.07 Å². The van der Waals surface area contributed by atoms with Gasteiger partial charge >= 0.3 is 0 Å². The molecule has 0 bridgehead atoms. The van der Waals surface area contributed by atoms with Crippen LogP contribution in [0.1, 0.15) is 36.1 Å². The molecule has 0 saturated carbocycles. The fourth-order valence-corrected chi connectivity index (χ4v) is 4.03. The van der Waals surface area contributed by atoms with E-state index in [1.807, 2.05) is 58.0 Å². The van der Waals surface area contributed by atoms with Crippen LogP contribution in [0.2, 0.25) is 0 Å². The quantitative estimate of drug-likeness (QED) is 0.897. The molecule has 0 unspecified atom stereocenters. The van der Waals surface area contributed by atoms with Crippen LogP contribution in [0.4, 0.5) is 5.69 Å². The second-order valence-corrected chi connectivity index (χ2v) is 7.18. The first-order valence-electron chi connectivity index (χ1n) is 7.59. The maximum atomic E-state index is 12.8. The maximum Gasteiger partial charge on any atom is 0.262 e. The monoisotopic (exact) mass is 317 g/mol. The highest BCUT2D eigenvalue weighted by molar-refractivity contribution is 7.92. The van der Waals surface area contributed by atoms with Gasteiger partial charge in [0.15, 0.2) is 0 Å². The highest BCUT2D eigenvalue weighted by Gasteiger charge is 2.19. The van der Waals surface area contributed by atoms with Crippen LogP contribution in [0.3, 0.4) is 0 Å². The SMILES string of the molecule is CCc1cccc(CC)c1NS(=O)(=O)c1cc(C)ccc1C. The maximum absolute atomic E-state index is 12.8. The predicted octanol–water partition coefficient (Wildman–Crippen LogP) is 4.23. The lowest BCUT2D eigenvalue weighted by Crippen LogP contribution is -2.17. The number of nitrogens with one attached hydrogen (secondary N) is 1. The van der Waals surface area contributed by atoms with Gasteiger partial charge in [0.1, 0.15) is 0 Å². The lowest BCUT2D eigenvalue weighted by atomic mass is 10.0. The fourth-order valence-electron chi connectivity index (χ4n) is 2.56. The third-order valence-electron chi connectivity index (χ3n) is 3.87. The molecule has 3 nitrogen and oxygen atoms in total. The fraction of sp³-hybridized carbons (Fsp3) is 0.333. The molecule has 1 N–H and O–H groups in total. The smallest absolute Gasteiger partial charge is 0.262 e. The van der Waals surface area contributed by atoms with Crippen LogP contribution in [-0.2, 0) is 22.9 Å². The average Bonchev–Trinajstić information content (AvgIpc) is 2.49. The van der Waals surface area contributed by atoms with Gasteiger partial charge in [0.25, 0.3) is 10.0 Å². The van der Waals surface area contributed by atoms with Crippen LogP contribution in [0, 0.1) is 13.8 Å². The van der Waals surface area contributed by atoms with Crippen LogP contribution in [-0.4, -0.2) is 8.42 Å². The van der Waals surface area contributed by atoms with Crippen molar-refractivity contribution in [3.05, 3.63) is 58.7 Å². The minimum atomic E-state index is -3.58. The summed E-state index contributed by atoms with van der Waals surface area (Å²) in [7, 11) is -3.58. The van der Waals surface area contributed by atoms with Crippen molar-refractivity contribution >= 4 is 15.7 Å². The Kier molecular flexibility index (Phi) is 4.91. The van der Waals surface area contributed by atoms with Crippen molar-refractivity contribution in [1.82, 2.24) is 0 Å². The zero-order valence-electron chi connectivity index (χ0n) is 13.6. The van der Waals surface area contributed by atoms with E-state index in [0.29, 0.717) is 4.90 Å². The molecule has 2 rings (SSSR count). The van der Waals surface area contributed by atoms with Gasteiger partial charge in [-0.2, -0.15) is 0 Å². The van der Waals surface area contributed by atoms with E-state index in [2.05, 4.69) is 4.72 Å². The molecule has 0 fully saturated rings. The number of aryl methyl sites for hydroxylation is 4. The number of hydrogen-bond acceptors (Lipinski definition) is 2. The molecule has 0 amide bonds. The Hall–Kier alpha value is -1.81. The van der Waals surface area contributed by atoms with Gasteiger partial charge in [-0.05, 0) is 55.0 Å². The van der Waals surface area contributed by atoms with E-state index in [1.165, 1.54) is 0 Å². The molecular formula is C18H23NO2S. The number of para-hydroxylation sites is 1. The standard InChI is InChI=1S/C18H23NO2S/c1-5-15-8-7-9-16(6-2)18(15)19-22(20,21)17-12-13(3)10-11-14(17)4/h7-12,19H,5-6H2,1-4H3. The highest BCUT2D eigenvalue weighted by atomic mass is 32.2. The summed E-state index contributed by atoms with van der Waals surface area (Å²) in [6, 6.07) is 11.4. The lowest BCUT2D eigenvalue weighted by Gasteiger charge is -2.17. The van der Waals surface area contributed by atoms with Gasteiger partial charge in [-0.25, -0.2) is 8.42 Å². The molecule has 0 spiro atoms. The van der Waals surface area contributed by atoms with Crippen LogP contribution < -0.4 is 4.72 Å². The predicted molar refractivity (Wildman–Crippen MR) is 91.9 cm³/mol. The van der Waals surface area contributed by atoms with Crippen LogP contribution in [0.25, 0.3) is 0 Å². The molecule has 2 aromatic rings. The topological polar surface area (TPSA) is 46.2 Å². The van der Waals surface area contributed by atoms with Crippen molar-refractivity contribution in [3.8, 4) is 0 Å². The first-order chi connectivity index (χ1) is 10.4. The summed E-state index contributed by atoms with van der Waals surface area (Å²) in [4.78, 5) is 0.348. The molecular weight excluding hydrogens is 294 g/mol. The molecule has 0 heterocycles. The Morgan fingerprint density at radius 2 is 1.55 bits per heavy atom. The molecule has 0 saturated heterocycles. The normalized spacial score (nSPS) is 11.5. The van der Waals surface area contributed by atoms with Crippen LogP contribution >= 0.6 is 0 Å². The number of benzene rings is 2. The Labute approximate surface area is 133 Å². The van der Waals surface area contributed by atoms with Gasteiger partial charge in [-0.3, -0.25) is 4.72 Å². The lowest BCUT2D eigenvalue weighted by molar-refractivity contribution is 0.600. The first kappa shape index (κ1) is 16.6. The van der Waals surface area contributed by atoms with Crippen LogP contribution in [0.5, 0.6) is 0 Å². The van der Waals surface area contributed by atoms with Crippen molar-refractivity contribution in [2.45, 2.75) is 45.4 Å². The van der Waals surface area contributed by atoms with E-state index in [4.69, 9.17) is 0 Å². The Balaban J connectivity index is 2.52. The molecule has 0 aliphatic heterocycles. The zero-order chi connectivity index (χ0) is 16.3. The van der Waals surface area contributed by atoms with Crippen LogP contribution in [0.15, 0.2) is 41.3 Å². The van der Waals surface area contributed by atoms with E-state index in [-0.39, 0.29) is 0 Å². The minimum Gasteiger partial charge on any atom is -0.279 e. The highest BCUT2D eigenvalue weighted by Crippen LogP contribution is 2.27. The average molecular weight is 317 g/mol. The molecule has 4 heteroatoms. The molecule has 22 heavy (non-hydrogen) atoms. The molecule has 2 aromatic carbocycles. The molecule has 0 atom stereocenters. The number of rotatable bonds is 5. The number of anilines is 1. The summed E-state index contributed by atoms with van der Waals surface area (Å²) in [5.74, 6) is 0. The summed E-state index contributed by atoms with van der Waals surface area (Å²) in [5.41, 5.74) is 4.46. The van der Waals surface area contributed by atoms with E-state index in [9.17, 15) is 8.42 Å². The first-order valence-corrected chi connectivity index (χ1v) is 9.08. The summed E-state index contributed by atoms with van der Waals surface area (Å²) >= 11 is 0. The van der Waals surface area contributed by atoms with Crippen molar-refractivity contribution < 1.29 is 8.42 Å². The van der Waals surface area contributed by atoms with Crippen molar-refractivity contribution in [2.24, 2.45) is 0 Å². The molecule has 0 aromatic heterocycles. The second-order valence-electron chi connectivity index (χ2n) is 5.53. The molecule has 118 valence electrons. The molecule has 0 aliphatic carbocycles. The summed E-state index contributed by atoms with van der Waals surface area (Å²) in [5, 5.41) is 0. The van der Waals surface area contributed by atoms with E-state index >= 15 is 0 Å². The van der Waals surface area contributed by atoms with Crippen molar-refractivity contribution in [3.63, 3.8) is 0 Å². The second kappa shape index (κ2) is 6.53. The van der Waals surface area contributed by atoms with E-state index in [0.717, 1.165) is 40.8 Å². The van der Waals surface area contributed by atoms with Gasteiger partial charge in [0.2, 0.25) is 0 Å². The van der Waals surface area contributed by atoms with Gasteiger partial charge in [-0.15, -0.1) is 0 Å². The van der Waals surface area contributed by atoms with Gasteiger partial charge in [0, 0.05) is 0 Å². The number of sulfonamides is 1. The van der Waals surface area contributed by atoms with Crippen molar-refractivity contribution in [1.29, 1.82) is 0 Å². The van der Waals surface area contributed by atoms with Gasteiger partial charge in [0.05, 0.1) is 10.6 Å². The van der Waals surface area contributed by atoms with Gasteiger partial charge in [-0.1, -0.05) is 44.2 Å². The minimum absolute atomic E-state index is 0.348. The molecule has 0 aliphatic rings. The third kappa shape index (κ3) is 3.33. The summed E-state index contributed by atoms with van der Waals surface area (Å²) < 4.78 is 28.4. The molecule has 0 radical (unpaired) electrons. The largest absolute Gasteiger partial charge is 0.279 e. The number of hydrogen-bond donors (Lipinski definition) is 1. The third-order valence-corrected chi connectivity index (χ3v) is 5.36. The Morgan fingerprint density at radius 3 is 2.09 bits per heavy atom. The van der Waals surface area contributed by atoms with Crippen molar-refractivity contribution in [2.75, 3.05) is 4.72 Å². The zero-order valence-corrected chi connectivity index (χ0v) is 14.4.